The Balaban J connectivity index is 0.000000143. The van der Waals surface area contributed by atoms with Gasteiger partial charge < -0.3 is 10.2 Å². The smallest absolute Gasteiger partial charge is 0.178 e. The second-order valence-corrected chi connectivity index (χ2v) is 18.0. The van der Waals surface area contributed by atoms with E-state index in [0.29, 0.717) is 35.4 Å². The van der Waals surface area contributed by atoms with Gasteiger partial charge in [-0.15, -0.1) is 0 Å². The summed E-state index contributed by atoms with van der Waals surface area (Å²) < 4.78 is 0. The number of ketones is 2. The average molecular weight is 603 g/mol. The number of fused-ring (bicyclic) bond motifs is 10. The maximum atomic E-state index is 11.9. The van der Waals surface area contributed by atoms with Gasteiger partial charge in [-0.2, -0.15) is 0 Å². The molecule has 8 rings (SSSR count). The van der Waals surface area contributed by atoms with Crippen molar-refractivity contribution in [3.63, 3.8) is 0 Å². The normalized spacial score (nSPS) is 53.9. The summed E-state index contributed by atoms with van der Waals surface area (Å²) in [5.41, 5.74) is 2.86. The molecule has 0 radical (unpaired) electrons. The number of allylic oxidation sites excluding steroid dienone is 5. The largest absolute Gasteiger partial charge is 0.393 e. The van der Waals surface area contributed by atoms with E-state index in [2.05, 4.69) is 47.6 Å². The van der Waals surface area contributed by atoms with E-state index >= 15 is 0 Å². The van der Waals surface area contributed by atoms with Crippen molar-refractivity contribution in [2.75, 3.05) is 0 Å². The third kappa shape index (κ3) is 4.28. The molecule has 0 bridgehead atoms. The summed E-state index contributed by atoms with van der Waals surface area (Å²) in [4.78, 5) is 23.6. The highest BCUT2D eigenvalue weighted by atomic mass is 16.3. The van der Waals surface area contributed by atoms with E-state index in [1.54, 1.807) is 6.08 Å². The first-order chi connectivity index (χ1) is 20.6. The summed E-state index contributed by atoms with van der Waals surface area (Å²) in [5, 5.41) is 21.4. The maximum absolute atomic E-state index is 11.9. The molecule has 0 amide bonds. The van der Waals surface area contributed by atoms with Crippen molar-refractivity contribution in [1.82, 2.24) is 0 Å². The summed E-state index contributed by atoms with van der Waals surface area (Å²) in [6, 6.07) is 0. The fourth-order valence-corrected chi connectivity index (χ4v) is 13.3. The number of aliphatic hydroxyl groups excluding tert-OH is 1. The Kier molecular flexibility index (Phi) is 7.24. The van der Waals surface area contributed by atoms with Crippen LogP contribution in [0.2, 0.25) is 0 Å². The van der Waals surface area contributed by atoms with Crippen molar-refractivity contribution in [2.45, 2.75) is 137 Å². The number of aliphatic hydroxyl groups is 2. The van der Waals surface area contributed by atoms with Gasteiger partial charge >= 0.3 is 0 Å². The van der Waals surface area contributed by atoms with Crippen LogP contribution in [0.5, 0.6) is 0 Å². The molecule has 44 heavy (non-hydrogen) atoms. The van der Waals surface area contributed by atoms with E-state index in [1.807, 2.05) is 12.2 Å². The van der Waals surface area contributed by atoms with Gasteiger partial charge in [0.25, 0.3) is 0 Å². The first-order valence-corrected chi connectivity index (χ1v) is 18.2. The molecular formula is C40H58O4. The van der Waals surface area contributed by atoms with Gasteiger partial charge in [-0.3, -0.25) is 9.59 Å². The van der Waals surface area contributed by atoms with Crippen LogP contribution in [0.25, 0.3) is 0 Å². The number of hydrogen-bond acceptors (Lipinski definition) is 4. The molecular weight excluding hydrogens is 544 g/mol. The van der Waals surface area contributed by atoms with E-state index in [9.17, 15) is 19.8 Å². The molecule has 4 nitrogen and oxygen atoms in total. The monoisotopic (exact) mass is 602 g/mol. The molecule has 242 valence electrons. The standard InChI is InChI=1S/C21H32O2.C19H26O2/c1-13-11-14-12-15(22)5-8-19(14,2)16-6-9-20(3)17(18(13)16)7-10-21(20,4)23;1-18-9-7-13(20)11-12(18)3-4-14-15-5-6-17(21)19(15,2)10-8-16(14)18/h12-13,16-18,23H,5-11H2,1-4H3;7,9,11,14-17,21H,3-6,8,10H2,1-2H3/t13-,16+,17+,18-,19+,20+,21+;14-,15-,16-,17-,18-,19-/m10/s1. The van der Waals surface area contributed by atoms with Gasteiger partial charge in [-0.05, 0) is 160 Å². The minimum Gasteiger partial charge on any atom is -0.393 e. The molecule has 8 aliphatic carbocycles. The second kappa shape index (κ2) is 10.2. The average Bonchev–Trinajstić information content (AvgIpc) is 3.41. The van der Waals surface area contributed by atoms with E-state index < -0.39 is 5.60 Å². The molecule has 4 heteroatoms. The van der Waals surface area contributed by atoms with Gasteiger partial charge in [-0.1, -0.05) is 51.8 Å². The highest BCUT2D eigenvalue weighted by Crippen LogP contribution is 2.69. The van der Waals surface area contributed by atoms with Gasteiger partial charge in [0.1, 0.15) is 0 Å². The fraction of sp³-hybridized carbons (Fsp3) is 0.800. The maximum Gasteiger partial charge on any atom is 0.178 e. The summed E-state index contributed by atoms with van der Waals surface area (Å²) in [5.74, 6) is 5.29. The van der Waals surface area contributed by atoms with Crippen LogP contribution in [0.4, 0.5) is 0 Å². The van der Waals surface area contributed by atoms with E-state index in [1.165, 1.54) is 43.3 Å². The second-order valence-electron chi connectivity index (χ2n) is 18.0. The number of carbonyl (C=O) groups excluding carboxylic acids is 2. The number of carbonyl (C=O) groups is 2. The van der Waals surface area contributed by atoms with E-state index in [4.69, 9.17) is 0 Å². The minimum atomic E-state index is -0.498. The van der Waals surface area contributed by atoms with Gasteiger partial charge in [0.2, 0.25) is 0 Å². The molecule has 0 saturated heterocycles. The van der Waals surface area contributed by atoms with Gasteiger partial charge in [-0.25, -0.2) is 0 Å². The molecule has 0 aromatic carbocycles. The Labute approximate surface area is 266 Å². The Bertz CT molecular complexity index is 1320. The van der Waals surface area contributed by atoms with E-state index in [-0.39, 0.29) is 33.5 Å². The third-order valence-corrected chi connectivity index (χ3v) is 16.4. The number of rotatable bonds is 0. The first kappa shape index (κ1) is 31.1. The fourth-order valence-electron chi connectivity index (χ4n) is 13.3. The Morgan fingerprint density at radius 3 is 2.25 bits per heavy atom. The van der Waals surface area contributed by atoms with Crippen LogP contribution < -0.4 is 0 Å². The SMILES string of the molecule is C[C@@H]1CC2=CC(=O)CC[C@]2(C)[C@H]2CC[C@@]3(C)[C@@H](CC[C@]3(C)O)[C@H]12.C[C@]12CC[C@H]3[C@@H](CCC4=CC(=O)C=C[C@@]43C)[C@@H]1CC[C@@H]2O. The topological polar surface area (TPSA) is 74.6 Å². The Hall–Kier alpha value is -1.52. The first-order valence-electron chi connectivity index (χ1n) is 18.2. The van der Waals surface area contributed by atoms with Crippen molar-refractivity contribution in [3.05, 3.63) is 35.5 Å². The molecule has 13 atom stereocenters. The molecule has 0 aromatic heterocycles. The van der Waals surface area contributed by atoms with Crippen LogP contribution in [0.3, 0.4) is 0 Å². The van der Waals surface area contributed by atoms with Gasteiger partial charge in [0.15, 0.2) is 11.6 Å². The summed E-state index contributed by atoms with van der Waals surface area (Å²) in [7, 11) is 0. The zero-order valence-electron chi connectivity index (χ0n) is 28.3. The van der Waals surface area contributed by atoms with Crippen LogP contribution >= 0.6 is 0 Å². The minimum absolute atomic E-state index is 0.0878. The predicted octanol–water partition coefficient (Wildman–Crippen LogP) is 8.17. The van der Waals surface area contributed by atoms with Crippen LogP contribution in [-0.2, 0) is 9.59 Å². The third-order valence-electron chi connectivity index (χ3n) is 16.4. The van der Waals surface area contributed by atoms with Crippen LogP contribution in [-0.4, -0.2) is 33.5 Å². The Morgan fingerprint density at radius 2 is 1.48 bits per heavy atom. The quantitative estimate of drug-likeness (QED) is 0.293. The lowest BCUT2D eigenvalue weighted by Crippen LogP contribution is -2.55. The predicted molar refractivity (Wildman–Crippen MR) is 175 cm³/mol. The Morgan fingerprint density at radius 1 is 0.750 bits per heavy atom. The lowest BCUT2D eigenvalue weighted by atomic mass is 9.44. The van der Waals surface area contributed by atoms with Crippen LogP contribution in [0, 0.1) is 63.1 Å². The molecule has 0 unspecified atom stereocenters. The lowest BCUT2D eigenvalue weighted by Gasteiger charge is -2.60. The highest BCUT2D eigenvalue weighted by Gasteiger charge is 2.64. The zero-order valence-corrected chi connectivity index (χ0v) is 28.3. The molecule has 0 heterocycles. The molecule has 6 fully saturated rings. The summed E-state index contributed by atoms with van der Waals surface area (Å²) >= 11 is 0. The summed E-state index contributed by atoms with van der Waals surface area (Å²) in [6.07, 6.45) is 21.9. The molecule has 2 N–H and O–H groups in total. The van der Waals surface area contributed by atoms with Crippen molar-refractivity contribution < 1.29 is 19.8 Å². The van der Waals surface area contributed by atoms with Gasteiger partial charge in [0.05, 0.1) is 11.7 Å². The van der Waals surface area contributed by atoms with Crippen molar-refractivity contribution >= 4 is 11.6 Å². The van der Waals surface area contributed by atoms with Crippen molar-refractivity contribution in [2.24, 2.45) is 63.1 Å². The molecule has 0 aliphatic heterocycles. The summed E-state index contributed by atoms with van der Waals surface area (Å²) in [6.45, 7) is 13.9. The molecule has 0 spiro atoms. The van der Waals surface area contributed by atoms with E-state index in [0.717, 1.165) is 63.2 Å². The van der Waals surface area contributed by atoms with Crippen LogP contribution in [0.15, 0.2) is 35.5 Å². The lowest BCUT2D eigenvalue weighted by molar-refractivity contribution is -0.132. The molecule has 8 aliphatic rings. The van der Waals surface area contributed by atoms with Gasteiger partial charge in [0, 0.05) is 11.8 Å². The van der Waals surface area contributed by atoms with Crippen molar-refractivity contribution in [3.8, 4) is 0 Å². The molecule has 0 aromatic rings. The molecule has 6 saturated carbocycles. The highest BCUT2D eigenvalue weighted by molar-refractivity contribution is 6.01. The van der Waals surface area contributed by atoms with Crippen molar-refractivity contribution in [1.29, 1.82) is 0 Å². The number of hydrogen-bond donors (Lipinski definition) is 2. The zero-order chi connectivity index (χ0) is 31.4. The van der Waals surface area contributed by atoms with Crippen LogP contribution in [0.1, 0.15) is 125 Å².